The lowest BCUT2D eigenvalue weighted by Gasteiger charge is -2.20. The number of carbonyl (C=O) groups is 4. The summed E-state index contributed by atoms with van der Waals surface area (Å²) in [4.78, 5) is 50.0. The Morgan fingerprint density at radius 3 is 2.12 bits per heavy atom. The van der Waals surface area contributed by atoms with E-state index in [4.69, 9.17) is 9.47 Å². The van der Waals surface area contributed by atoms with Crippen LogP contribution in [0, 0.1) is 5.92 Å². The molecule has 1 saturated carbocycles. The summed E-state index contributed by atoms with van der Waals surface area (Å²) in [6, 6.07) is 7.46. The van der Waals surface area contributed by atoms with Crippen LogP contribution in [-0.2, 0) is 32.2 Å². The lowest BCUT2D eigenvalue weighted by Crippen LogP contribution is -2.32. The van der Waals surface area contributed by atoms with Crippen LogP contribution in [0.15, 0.2) is 24.3 Å². The number of rotatable bonds is 20. The van der Waals surface area contributed by atoms with Crippen molar-refractivity contribution in [3.63, 3.8) is 0 Å². The molecule has 0 heterocycles. The van der Waals surface area contributed by atoms with Gasteiger partial charge in [0.2, 0.25) is 11.8 Å². The number of nitrogens with zero attached hydrogens (tertiary/aromatic N) is 1. The van der Waals surface area contributed by atoms with Gasteiger partial charge in [0.25, 0.3) is 0 Å². The first-order chi connectivity index (χ1) is 20.9. The van der Waals surface area contributed by atoms with Crippen LogP contribution in [0.2, 0.25) is 0 Å². The minimum atomic E-state index is -0.556. The highest BCUT2D eigenvalue weighted by Gasteiger charge is 2.15. The van der Waals surface area contributed by atoms with Gasteiger partial charge in [0, 0.05) is 33.0 Å². The van der Waals surface area contributed by atoms with Crippen molar-refractivity contribution < 1.29 is 28.7 Å². The van der Waals surface area contributed by atoms with Crippen LogP contribution in [0.3, 0.4) is 0 Å². The number of amides is 4. The highest BCUT2D eigenvalue weighted by atomic mass is 16.6. The minimum Gasteiger partial charge on any atom is -0.448 e. The third kappa shape index (κ3) is 17.4. The molecule has 0 unspecified atom stereocenters. The molecule has 4 amide bonds. The smallest absolute Gasteiger partial charge is 0.407 e. The van der Waals surface area contributed by atoms with Gasteiger partial charge in [-0.2, -0.15) is 0 Å². The fourth-order valence-corrected chi connectivity index (χ4v) is 5.18. The molecule has 0 radical (unpaired) electrons. The second-order valence-electron chi connectivity index (χ2n) is 11.5. The van der Waals surface area contributed by atoms with E-state index in [0.717, 1.165) is 30.4 Å². The Balaban J connectivity index is 1.52. The van der Waals surface area contributed by atoms with E-state index in [1.807, 2.05) is 24.3 Å². The van der Waals surface area contributed by atoms with E-state index < -0.39 is 12.2 Å². The second-order valence-corrected chi connectivity index (χ2v) is 11.5. The summed E-state index contributed by atoms with van der Waals surface area (Å²) in [6.45, 7) is 3.60. The predicted octanol–water partition coefficient (Wildman–Crippen LogP) is 5.82. The topological polar surface area (TPSA) is 126 Å². The summed E-state index contributed by atoms with van der Waals surface area (Å²) in [5.74, 6) is 0.741. The molecular weight excluding hydrogens is 548 g/mol. The van der Waals surface area contributed by atoms with Gasteiger partial charge < -0.3 is 30.3 Å². The van der Waals surface area contributed by atoms with E-state index in [0.29, 0.717) is 31.8 Å². The highest BCUT2D eigenvalue weighted by molar-refractivity contribution is 5.76. The largest absolute Gasteiger partial charge is 0.448 e. The molecule has 242 valence electrons. The molecule has 0 atom stereocenters. The van der Waals surface area contributed by atoms with E-state index in [-0.39, 0.29) is 38.1 Å². The molecule has 1 aliphatic rings. The molecule has 10 nitrogen and oxygen atoms in total. The van der Waals surface area contributed by atoms with Gasteiger partial charge in [0.15, 0.2) is 0 Å². The van der Waals surface area contributed by atoms with Crippen LogP contribution >= 0.6 is 0 Å². The van der Waals surface area contributed by atoms with Gasteiger partial charge in [0.05, 0.1) is 13.1 Å². The van der Waals surface area contributed by atoms with E-state index in [9.17, 15) is 19.2 Å². The fraction of sp³-hybridized carbons (Fsp3) is 0.697. The average molecular weight is 603 g/mol. The molecule has 0 aromatic heterocycles. The molecule has 2 rings (SSSR count). The third-order valence-electron chi connectivity index (χ3n) is 7.86. The SMILES string of the molecule is CCCCCCCCC(=O)N(C)CCOC(=O)NCc1cccc(CNC(=O)OCCNC(=O)CCC2CCCCC2)c1. The Bertz CT molecular complexity index is 966. The van der Waals surface area contributed by atoms with Gasteiger partial charge >= 0.3 is 12.2 Å². The number of unbranched alkanes of at least 4 members (excludes halogenated alkanes) is 5. The maximum absolute atomic E-state index is 12.2. The normalized spacial score (nSPS) is 13.2. The van der Waals surface area contributed by atoms with Crippen molar-refractivity contribution in [2.24, 2.45) is 5.92 Å². The van der Waals surface area contributed by atoms with Crippen LogP contribution in [0.4, 0.5) is 9.59 Å². The summed E-state index contributed by atoms with van der Waals surface area (Å²) in [7, 11) is 1.73. The molecular formula is C33H54N4O6. The monoisotopic (exact) mass is 602 g/mol. The Morgan fingerprint density at radius 1 is 0.814 bits per heavy atom. The molecule has 0 bridgehead atoms. The first-order valence-corrected chi connectivity index (χ1v) is 16.3. The molecule has 0 saturated heterocycles. The summed E-state index contributed by atoms with van der Waals surface area (Å²) < 4.78 is 10.4. The fourth-order valence-electron chi connectivity index (χ4n) is 5.18. The number of benzene rings is 1. The molecule has 1 aromatic rings. The number of hydrogen-bond donors (Lipinski definition) is 3. The summed E-state index contributed by atoms with van der Waals surface area (Å²) in [5, 5.41) is 8.23. The van der Waals surface area contributed by atoms with E-state index in [1.165, 1.54) is 57.8 Å². The molecule has 1 fully saturated rings. The quantitative estimate of drug-likeness (QED) is 0.161. The van der Waals surface area contributed by atoms with Crippen LogP contribution in [0.1, 0.15) is 108 Å². The number of alkyl carbamates (subject to hydrolysis) is 2. The minimum absolute atomic E-state index is 0.00475. The standard InChI is InChI=1S/C33H54N4O6/c1-3-4-5-6-7-11-17-31(39)37(2)21-23-43-33(41)36-26-29-16-12-15-28(24-29)25-35-32(40)42-22-20-34-30(38)19-18-27-13-9-8-10-14-27/h12,15-16,24,27H,3-11,13-14,17-23,25-26H2,1-2H3,(H,34,38)(H,35,40)(H,36,41). The van der Waals surface area contributed by atoms with Crippen molar-refractivity contribution in [3.8, 4) is 0 Å². The number of ether oxygens (including phenoxy) is 2. The zero-order valence-corrected chi connectivity index (χ0v) is 26.4. The number of likely N-dealkylation sites (N-methyl/N-ethyl adjacent to an activating group) is 1. The van der Waals surface area contributed by atoms with Crippen molar-refractivity contribution in [2.45, 2.75) is 110 Å². The number of nitrogens with one attached hydrogen (secondary N) is 3. The van der Waals surface area contributed by atoms with Crippen LogP contribution in [0.25, 0.3) is 0 Å². The molecule has 10 heteroatoms. The van der Waals surface area contributed by atoms with Gasteiger partial charge in [-0.15, -0.1) is 0 Å². The van der Waals surface area contributed by atoms with Crippen LogP contribution in [-0.4, -0.2) is 62.3 Å². The Kier molecular flexibility index (Phi) is 18.6. The van der Waals surface area contributed by atoms with Gasteiger partial charge in [-0.05, 0) is 29.9 Å². The number of hydrogen-bond acceptors (Lipinski definition) is 6. The third-order valence-corrected chi connectivity index (χ3v) is 7.86. The Morgan fingerprint density at radius 2 is 1.44 bits per heavy atom. The van der Waals surface area contributed by atoms with Gasteiger partial charge in [-0.3, -0.25) is 9.59 Å². The summed E-state index contributed by atoms with van der Waals surface area (Å²) >= 11 is 0. The average Bonchev–Trinajstić information content (AvgIpc) is 3.02. The van der Waals surface area contributed by atoms with Crippen molar-refractivity contribution >= 4 is 24.0 Å². The van der Waals surface area contributed by atoms with Crippen LogP contribution < -0.4 is 16.0 Å². The molecule has 0 aliphatic heterocycles. The summed E-state index contributed by atoms with van der Waals surface area (Å²) in [6.07, 6.45) is 14.0. The molecule has 43 heavy (non-hydrogen) atoms. The van der Waals surface area contributed by atoms with Crippen LogP contribution in [0.5, 0.6) is 0 Å². The second kappa shape index (κ2) is 22.3. The molecule has 1 aromatic carbocycles. The predicted molar refractivity (Wildman–Crippen MR) is 167 cm³/mol. The zero-order valence-electron chi connectivity index (χ0n) is 26.4. The van der Waals surface area contributed by atoms with E-state index in [1.54, 1.807) is 11.9 Å². The van der Waals surface area contributed by atoms with Crippen molar-refractivity contribution in [2.75, 3.05) is 33.4 Å². The zero-order chi connectivity index (χ0) is 31.1. The Hall–Kier alpha value is -3.30. The lowest BCUT2D eigenvalue weighted by atomic mass is 9.86. The van der Waals surface area contributed by atoms with Gasteiger partial charge in [-0.1, -0.05) is 95.4 Å². The first-order valence-electron chi connectivity index (χ1n) is 16.3. The maximum Gasteiger partial charge on any atom is 0.407 e. The maximum atomic E-state index is 12.2. The number of carbonyl (C=O) groups excluding carboxylic acids is 4. The molecule has 1 aliphatic carbocycles. The Labute approximate surface area is 258 Å². The first kappa shape index (κ1) is 35.9. The van der Waals surface area contributed by atoms with Gasteiger partial charge in [-0.25, -0.2) is 9.59 Å². The van der Waals surface area contributed by atoms with E-state index >= 15 is 0 Å². The summed E-state index contributed by atoms with van der Waals surface area (Å²) in [5.41, 5.74) is 1.71. The molecule has 0 spiro atoms. The van der Waals surface area contributed by atoms with Crippen molar-refractivity contribution in [1.82, 2.24) is 20.9 Å². The van der Waals surface area contributed by atoms with Crippen molar-refractivity contribution in [1.29, 1.82) is 0 Å². The molecule has 3 N–H and O–H groups in total. The lowest BCUT2D eigenvalue weighted by molar-refractivity contribution is -0.130. The highest BCUT2D eigenvalue weighted by Crippen LogP contribution is 2.27. The van der Waals surface area contributed by atoms with E-state index in [2.05, 4.69) is 22.9 Å². The van der Waals surface area contributed by atoms with Gasteiger partial charge in [0.1, 0.15) is 13.2 Å². The van der Waals surface area contributed by atoms with Crippen molar-refractivity contribution in [3.05, 3.63) is 35.4 Å².